The van der Waals surface area contributed by atoms with Crippen molar-refractivity contribution in [2.45, 2.75) is 56.1 Å². The van der Waals surface area contributed by atoms with Crippen molar-refractivity contribution in [1.82, 2.24) is 9.80 Å². The molecule has 1 saturated heterocycles. The van der Waals surface area contributed by atoms with E-state index >= 15 is 0 Å². The molecule has 0 radical (unpaired) electrons. The molecule has 1 aliphatic carbocycles. The Hall–Kier alpha value is -2.54. The van der Waals surface area contributed by atoms with Crippen molar-refractivity contribution in [2.24, 2.45) is 0 Å². The summed E-state index contributed by atoms with van der Waals surface area (Å²) in [5, 5.41) is 11.3. The number of carbonyl (C=O) groups excluding carboxylic acids is 2. The molecular formula is C29H34Cl2N2O4. The molecule has 3 unspecified atom stereocenters. The Balaban J connectivity index is 1.68. The van der Waals surface area contributed by atoms with Gasteiger partial charge in [0.25, 0.3) is 0 Å². The molecule has 198 valence electrons. The van der Waals surface area contributed by atoms with E-state index in [1.807, 2.05) is 36.2 Å². The molecule has 2 fully saturated rings. The third-order valence-electron chi connectivity index (χ3n) is 8.08. The standard InChI is InChI=1S/C29H34Cl2N2O4/c1-4-13-33-14-12-28(22-6-5-7-24(35)17-22)18-23(10-11-29(28,19-33)37-20(2)34)32(3)27(36)16-21-8-9-25(30)26(31)15-21/h4-9,15,17,23,35H,1,10-14,16,18-19H2,2-3H3. The second kappa shape index (κ2) is 11.1. The fraction of sp³-hybridized carbons (Fsp3) is 0.448. The summed E-state index contributed by atoms with van der Waals surface area (Å²) in [5.41, 5.74) is 0.396. The van der Waals surface area contributed by atoms with E-state index in [2.05, 4.69) is 11.5 Å². The summed E-state index contributed by atoms with van der Waals surface area (Å²) in [6, 6.07) is 12.4. The third-order valence-corrected chi connectivity index (χ3v) is 8.82. The molecule has 2 aromatic rings. The Bertz CT molecular complexity index is 1190. The zero-order valence-electron chi connectivity index (χ0n) is 21.4. The normalized spacial score (nSPS) is 25.7. The summed E-state index contributed by atoms with van der Waals surface area (Å²) >= 11 is 12.2. The Kier molecular flexibility index (Phi) is 8.22. The van der Waals surface area contributed by atoms with Crippen molar-refractivity contribution < 1.29 is 19.4 Å². The number of rotatable bonds is 7. The SMILES string of the molecule is C=CCN1CCC2(c3cccc(O)c3)CC(N(C)C(=O)Cc3ccc(Cl)c(Cl)c3)CCC2(OC(C)=O)C1. The molecule has 1 aliphatic heterocycles. The van der Waals surface area contributed by atoms with Crippen LogP contribution in [0.4, 0.5) is 0 Å². The van der Waals surface area contributed by atoms with Gasteiger partial charge in [-0.2, -0.15) is 0 Å². The van der Waals surface area contributed by atoms with E-state index in [0.29, 0.717) is 42.4 Å². The number of phenolic OH excluding ortho intramolecular Hbond substituents is 1. The van der Waals surface area contributed by atoms with Gasteiger partial charge < -0.3 is 14.7 Å². The second-order valence-corrected chi connectivity index (χ2v) is 11.1. The lowest BCUT2D eigenvalue weighted by Crippen LogP contribution is -2.68. The number of likely N-dealkylation sites (N-methyl/N-ethyl adjacent to an activating group) is 1. The third kappa shape index (κ3) is 5.52. The first-order chi connectivity index (χ1) is 17.6. The fourth-order valence-corrected chi connectivity index (χ4v) is 6.61. The summed E-state index contributed by atoms with van der Waals surface area (Å²) in [6.07, 6.45) is 4.72. The maximum atomic E-state index is 13.4. The summed E-state index contributed by atoms with van der Waals surface area (Å²) in [4.78, 5) is 29.9. The molecule has 2 aromatic carbocycles. The Morgan fingerprint density at radius 3 is 2.68 bits per heavy atom. The van der Waals surface area contributed by atoms with E-state index in [4.69, 9.17) is 27.9 Å². The van der Waals surface area contributed by atoms with E-state index in [9.17, 15) is 14.7 Å². The molecule has 1 saturated carbocycles. The van der Waals surface area contributed by atoms with Gasteiger partial charge in [0, 0.05) is 38.5 Å². The van der Waals surface area contributed by atoms with Crippen LogP contribution >= 0.6 is 23.2 Å². The van der Waals surface area contributed by atoms with Crippen molar-refractivity contribution in [1.29, 1.82) is 0 Å². The zero-order chi connectivity index (χ0) is 26.8. The number of hydrogen-bond donors (Lipinski definition) is 1. The number of piperidine rings is 1. The quantitative estimate of drug-likeness (QED) is 0.374. The van der Waals surface area contributed by atoms with Gasteiger partial charge in [0.05, 0.1) is 16.5 Å². The summed E-state index contributed by atoms with van der Waals surface area (Å²) in [6.45, 7) is 7.40. The first-order valence-electron chi connectivity index (χ1n) is 12.6. The highest BCUT2D eigenvalue weighted by molar-refractivity contribution is 6.42. The maximum Gasteiger partial charge on any atom is 0.303 e. The van der Waals surface area contributed by atoms with Crippen LogP contribution in [0.2, 0.25) is 10.0 Å². The minimum absolute atomic E-state index is 0.0153. The van der Waals surface area contributed by atoms with Crippen molar-refractivity contribution in [3.63, 3.8) is 0 Å². The molecule has 1 amide bonds. The molecule has 8 heteroatoms. The highest BCUT2D eigenvalue weighted by Gasteiger charge is 2.61. The molecular weight excluding hydrogens is 511 g/mol. The summed E-state index contributed by atoms with van der Waals surface area (Å²) in [7, 11) is 1.84. The van der Waals surface area contributed by atoms with Gasteiger partial charge >= 0.3 is 5.97 Å². The van der Waals surface area contributed by atoms with Crippen molar-refractivity contribution >= 4 is 35.1 Å². The van der Waals surface area contributed by atoms with E-state index < -0.39 is 11.0 Å². The van der Waals surface area contributed by atoms with Gasteiger partial charge in [0.15, 0.2) is 0 Å². The van der Waals surface area contributed by atoms with Crippen LogP contribution in [0.1, 0.15) is 43.7 Å². The van der Waals surface area contributed by atoms with Crippen LogP contribution < -0.4 is 0 Å². The van der Waals surface area contributed by atoms with Crippen LogP contribution in [0.5, 0.6) is 5.75 Å². The number of ether oxygens (including phenoxy) is 1. The Morgan fingerprint density at radius 1 is 1.22 bits per heavy atom. The fourth-order valence-electron chi connectivity index (χ4n) is 6.29. The first kappa shape index (κ1) is 27.5. The Labute approximate surface area is 228 Å². The van der Waals surface area contributed by atoms with Gasteiger partial charge in [-0.15, -0.1) is 6.58 Å². The maximum absolute atomic E-state index is 13.4. The molecule has 2 aliphatic rings. The number of carbonyl (C=O) groups is 2. The molecule has 6 nitrogen and oxygen atoms in total. The molecule has 1 N–H and O–H groups in total. The smallest absolute Gasteiger partial charge is 0.303 e. The average molecular weight is 546 g/mol. The minimum Gasteiger partial charge on any atom is -0.508 e. The number of aromatic hydroxyl groups is 1. The summed E-state index contributed by atoms with van der Waals surface area (Å²) < 4.78 is 6.24. The molecule has 37 heavy (non-hydrogen) atoms. The Morgan fingerprint density at radius 2 is 2.00 bits per heavy atom. The lowest BCUT2D eigenvalue weighted by atomic mass is 9.55. The molecule has 4 rings (SSSR count). The number of nitrogens with zero attached hydrogens (tertiary/aromatic N) is 2. The minimum atomic E-state index is -0.780. The van der Waals surface area contributed by atoms with Crippen molar-refractivity contribution in [3.05, 3.63) is 76.3 Å². The molecule has 0 bridgehead atoms. The number of hydrogen-bond acceptors (Lipinski definition) is 5. The highest BCUT2D eigenvalue weighted by atomic mass is 35.5. The average Bonchev–Trinajstić information content (AvgIpc) is 2.85. The predicted octanol–water partition coefficient (Wildman–Crippen LogP) is 5.38. The van der Waals surface area contributed by atoms with Crippen LogP contribution in [0.15, 0.2) is 55.1 Å². The van der Waals surface area contributed by atoms with Crippen LogP contribution in [0.25, 0.3) is 0 Å². The summed E-state index contributed by atoms with van der Waals surface area (Å²) in [5.74, 6) is -0.172. The zero-order valence-corrected chi connectivity index (χ0v) is 22.9. The molecule has 1 heterocycles. The van der Waals surface area contributed by atoms with Gasteiger partial charge in [-0.1, -0.05) is 47.5 Å². The van der Waals surface area contributed by atoms with Crippen LogP contribution in [0, 0.1) is 0 Å². The first-order valence-corrected chi connectivity index (χ1v) is 13.4. The number of phenols is 1. The topological polar surface area (TPSA) is 70.1 Å². The van der Waals surface area contributed by atoms with E-state index in [1.165, 1.54) is 6.92 Å². The van der Waals surface area contributed by atoms with Gasteiger partial charge in [-0.3, -0.25) is 14.5 Å². The number of benzene rings is 2. The highest BCUT2D eigenvalue weighted by Crippen LogP contribution is 2.54. The molecule has 3 atom stereocenters. The van der Waals surface area contributed by atoms with Crippen molar-refractivity contribution in [3.8, 4) is 5.75 Å². The lowest BCUT2D eigenvalue weighted by Gasteiger charge is -2.60. The monoisotopic (exact) mass is 544 g/mol. The number of likely N-dealkylation sites (tertiary alicyclic amines) is 1. The number of fused-ring (bicyclic) bond motifs is 1. The van der Waals surface area contributed by atoms with Crippen LogP contribution in [0.3, 0.4) is 0 Å². The molecule has 0 aromatic heterocycles. The number of amides is 1. The van der Waals surface area contributed by atoms with E-state index in [-0.39, 0.29) is 30.1 Å². The van der Waals surface area contributed by atoms with E-state index in [0.717, 1.165) is 24.1 Å². The second-order valence-electron chi connectivity index (χ2n) is 10.3. The van der Waals surface area contributed by atoms with Crippen molar-refractivity contribution in [2.75, 3.05) is 26.7 Å². The van der Waals surface area contributed by atoms with E-state index in [1.54, 1.807) is 24.3 Å². The largest absolute Gasteiger partial charge is 0.508 e. The lowest BCUT2D eigenvalue weighted by molar-refractivity contribution is -0.189. The number of halogens is 2. The predicted molar refractivity (Wildman–Crippen MR) is 146 cm³/mol. The van der Waals surface area contributed by atoms with Crippen LogP contribution in [-0.4, -0.2) is 65.1 Å². The van der Waals surface area contributed by atoms with Crippen LogP contribution in [-0.2, 0) is 26.2 Å². The van der Waals surface area contributed by atoms with Gasteiger partial charge in [-0.05, 0) is 67.6 Å². The number of esters is 1. The van der Waals surface area contributed by atoms with Gasteiger partial charge in [-0.25, -0.2) is 0 Å². The van der Waals surface area contributed by atoms with Gasteiger partial charge in [0.2, 0.25) is 5.91 Å². The van der Waals surface area contributed by atoms with Gasteiger partial charge in [0.1, 0.15) is 11.4 Å². The molecule has 0 spiro atoms.